The van der Waals surface area contributed by atoms with Gasteiger partial charge in [-0.05, 0) is 95.5 Å². The number of carbonyl (C=O) groups is 4. The molecule has 1 N–H and O–H groups in total. The molecule has 228 valence electrons. The molecule has 0 unspecified atom stereocenters. The number of para-hydroxylation sites is 2. The topological polar surface area (TPSA) is 134 Å². The minimum atomic E-state index is -0.372. The summed E-state index contributed by atoms with van der Waals surface area (Å²) in [6, 6.07) is 12.4. The lowest BCUT2D eigenvalue weighted by atomic mass is 9.82. The molecule has 0 spiro atoms. The van der Waals surface area contributed by atoms with Gasteiger partial charge in [-0.1, -0.05) is 12.1 Å². The van der Waals surface area contributed by atoms with Crippen LogP contribution in [0, 0.1) is 23.7 Å². The molecule has 3 aromatic rings. The molecule has 10 nitrogen and oxygen atoms in total. The fraction of sp³-hybridized carbons (Fsp3) is 0.485. The van der Waals surface area contributed by atoms with Gasteiger partial charge < -0.3 is 23.9 Å². The number of aromatic amines is 1. The van der Waals surface area contributed by atoms with Gasteiger partial charge in [-0.2, -0.15) is 0 Å². The Morgan fingerprint density at radius 3 is 1.74 bits per heavy atom. The van der Waals surface area contributed by atoms with E-state index in [9.17, 15) is 19.2 Å². The number of H-pyrrole nitrogens is 1. The lowest BCUT2D eigenvalue weighted by molar-refractivity contribution is -0.151. The van der Waals surface area contributed by atoms with E-state index in [2.05, 4.69) is 9.97 Å². The number of imidazole rings is 1. The highest BCUT2D eigenvalue weighted by Gasteiger charge is 2.33. The third-order valence-electron chi connectivity index (χ3n) is 8.39. The lowest BCUT2D eigenvalue weighted by Gasteiger charge is -2.26. The summed E-state index contributed by atoms with van der Waals surface area (Å²) >= 11 is 0. The first-order valence-corrected chi connectivity index (χ1v) is 15.2. The minimum Gasteiger partial charge on any atom is -0.466 e. The third-order valence-corrected chi connectivity index (χ3v) is 8.39. The standard InChI is InChI=1S/C33H38N2O8/c1-3-40-30(36)20-9-13-22(14-10-20)32(38)42-24-17-18-28(25(19-24)29-34-26-7-5-6-8-27(26)35-29)43-33(39)23-15-11-21(12-16-23)31(37)41-4-2/h5-8,17-23H,3-4,9-16H2,1-2H3,(H,34,35)/t20-,21?,22-,23?. The molecule has 1 aromatic heterocycles. The van der Waals surface area contributed by atoms with Gasteiger partial charge >= 0.3 is 23.9 Å². The fourth-order valence-corrected chi connectivity index (χ4v) is 5.97. The normalized spacial score (nSPS) is 22.0. The van der Waals surface area contributed by atoms with Gasteiger partial charge in [-0.15, -0.1) is 0 Å². The van der Waals surface area contributed by atoms with E-state index in [-0.39, 0.29) is 47.5 Å². The zero-order valence-corrected chi connectivity index (χ0v) is 24.6. The van der Waals surface area contributed by atoms with Crippen molar-refractivity contribution >= 4 is 34.9 Å². The first-order valence-electron chi connectivity index (χ1n) is 15.2. The van der Waals surface area contributed by atoms with Crippen molar-refractivity contribution in [2.45, 2.75) is 65.2 Å². The number of fused-ring (bicyclic) bond motifs is 1. The summed E-state index contributed by atoms with van der Waals surface area (Å²) < 4.78 is 22.0. The number of aromatic nitrogens is 2. The maximum absolute atomic E-state index is 13.2. The first kappa shape index (κ1) is 30.3. The minimum absolute atomic E-state index is 0.183. The number of ether oxygens (including phenoxy) is 4. The summed E-state index contributed by atoms with van der Waals surface area (Å²) in [5.74, 6) is -1.09. The molecular weight excluding hydrogens is 552 g/mol. The monoisotopic (exact) mass is 590 g/mol. The third kappa shape index (κ3) is 7.24. The van der Waals surface area contributed by atoms with Crippen molar-refractivity contribution < 1.29 is 38.1 Å². The quantitative estimate of drug-likeness (QED) is 0.243. The van der Waals surface area contributed by atoms with Crippen LogP contribution in [0.1, 0.15) is 65.2 Å². The Morgan fingerprint density at radius 2 is 1.21 bits per heavy atom. The average Bonchev–Trinajstić information content (AvgIpc) is 3.46. The molecule has 43 heavy (non-hydrogen) atoms. The van der Waals surface area contributed by atoms with Gasteiger partial charge in [0, 0.05) is 0 Å². The molecule has 0 aliphatic heterocycles. The zero-order chi connectivity index (χ0) is 30.3. The van der Waals surface area contributed by atoms with Gasteiger partial charge in [-0.25, -0.2) is 4.98 Å². The van der Waals surface area contributed by atoms with Gasteiger partial charge in [0.2, 0.25) is 0 Å². The van der Waals surface area contributed by atoms with Gasteiger partial charge in [-0.3, -0.25) is 19.2 Å². The Morgan fingerprint density at radius 1 is 0.698 bits per heavy atom. The van der Waals surface area contributed by atoms with Crippen molar-refractivity contribution in [1.82, 2.24) is 9.97 Å². The Hall–Kier alpha value is -4.21. The highest BCUT2D eigenvalue weighted by molar-refractivity contribution is 5.84. The fourth-order valence-electron chi connectivity index (χ4n) is 5.97. The molecule has 2 fully saturated rings. The maximum atomic E-state index is 13.2. The van der Waals surface area contributed by atoms with E-state index >= 15 is 0 Å². The van der Waals surface area contributed by atoms with Crippen LogP contribution in [0.2, 0.25) is 0 Å². The van der Waals surface area contributed by atoms with Crippen molar-refractivity contribution in [2.75, 3.05) is 13.2 Å². The van der Waals surface area contributed by atoms with Gasteiger partial charge in [0.05, 0.1) is 53.5 Å². The van der Waals surface area contributed by atoms with Crippen molar-refractivity contribution in [3.05, 3.63) is 42.5 Å². The molecule has 10 heteroatoms. The van der Waals surface area contributed by atoms with Gasteiger partial charge in [0.1, 0.15) is 17.3 Å². The summed E-state index contributed by atoms with van der Waals surface area (Å²) in [6.07, 6.45) is 4.49. The summed E-state index contributed by atoms with van der Waals surface area (Å²) in [5, 5.41) is 0. The van der Waals surface area contributed by atoms with Crippen LogP contribution >= 0.6 is 0 Å². The van der Waals surface area contributed by atoms with Crippen LogP contribution in [-0.4, -0.2) is 47.1 Å². The Bertz CT molecular complexity index is 1430. The smallest absolute Gasteiger partial charge is 0.314 e. The second kappa shape index (κ2) is 13.8. The van der Waals surface area contributed by atoms with E-state index < -0.39 is 0 Å². The van der Waals surface area contributed by atoms with Crippen molar-refractivity contribution in [3.63, 3.8) is 0 Å². The number of benzene rings is 2. The number of rotatable bonds is 9. The van der Waals surface area contributed by atoms with Gasteiger partial charge in [0.15, 0.2) is 0 Å². The van der Waals surface area contributed by atoms with Crippen LogP contribution in [0.4, 0.5) is 0 Å². The van der Waals surface area contributed by atoms with Crippen LogP contribution in [-0.2, 0) is 28.7 Å². The maximum Gasteiger partial charge on any atom is 0.314 e. The van der Waals surface area contributed by atoms with E-state index in [1.54, 1.807) is 32.0 Å². The summed E-state index contributed by atoms with van der Waals surface area (Å²) in [7, 11) is 0. The highest BCUT2D eigenvalue weighted by atomic mass is 16.5. The largest absolute Gasteiger partial charge is 0.466 e. The number of nitrogens with one attached hydrogen (secondary N) is 1. The van der Waals surface area contributed by atoms with E-state index in [0.717, 1.165) is 11.0 Å². The molecule has 2 saturated carbocycles. The van der Waals surface area contributed by atoms with Crippen LogP contribution in [0.15, 0.2) is 42.5 Å². The predicted octanol–water partition coefficient (Wildman–Crippen LogP) is 5.78. The molecule has 0 saturated heterocycles. The molecule has 2 aliphatic rings. The Kier molecular flexibility index (Phi) is 9.74. The lowest BCUT2D eigenvalue weighted by Crippen LogP contribution is -2.29. The summed E-state index contributed by atoms with van der Waals surface area (Å²) in [5.41, 5.74) is 2.04. The van der Waals surface area contributed by atoms with Gasteiger partial charge in [0.25, 0.3) is 0 Å². The summed E-state index contributed by atoms with van der Waals surface area (Å²) in [6.45, 7) is 4.25. The molecule has 0 bridgehead atoms. The molecular formula is C33H38N2O8. The summed E-state index contributed by atoms with van der Waals surface area (Å²) in [4.78, 5) is 58.4. The zero-order valence-electron chi connectivity index (χ0n) is 24.6. The molecule has 0 atom stereocenters. The highest BCUT2D eigenvalue weighted by Crippen LogP contribution is 2.37. The van der Waals surface area contributed by atoms with Crippen molar-refractivity contribution in [3.8, 4) is 22.9 Å². The second-order valence-corrected chi connectivity index (χ2v) is 11.2. The molecule has 2 aliphatic carbocycles. The average molecular weight is 591 g/mol. The number of carbonyl (C=O) groups excluding carboxylic acids is 4. The SMILES string of the molecule is CCOC(=O)C1CCC(C(=O)Oc2ccc(OC(=O)[C@H]3CC[C@H](C(=O)OCC)CC3)cc2-c2nc3ccccc3[nH]2)CC1. The van der Waals surface area contributed by atoms with E-state index in [1.807, 2.05) is 24.3 Å². The van der Waals surface area contributed by atoms with E-state index in [1.165, 1.54) is 0 Å². The molecule has 0 radical (unpaired) electrons. The number of hydrogen-bond acceptors (Lipinski definition) is 9. The first-order chi connectivity index (χ1) is 20.9. The van der Waals surface area contributed by atoms with Crippen LogP contribution in [0.25, 0.3) is 22.4 Å². The molecule has 1 heterocycles. The van der Waals surface area contributed by atoms with Crippen LogP contribution < -0.4 is 9.47 Å². The molecule has 5 rings (SSSR count). The molecule has 0 amide bonds. The van der Waals surface area contributed by atoms with Crippen LogP contribution in [0.5, 0.6) is 11.5 Å². The number of hydrogen-bond donors (Lipinski definition) is 1. The predicted molar refractivity (Wildman–Crippen MR) is 157 cm³/mol. The molecule has 2 aromatic carbocycles. The number of esters is 4. The van der Waals surface area contributed by atoms with Crippen LogP contribution in [0.3, 0.4) is 0 Å². The Labute approximate surface area is 250 Å². The van der Waals surface area contributed by atoms with E-state index in [0.29, 0.717) is 87.5 Å². The Balaban J connectivity index is 1.30. The number of nitrogens with zero attached hydrogens (tertiary/aromatic N) is 1. The van der Waals surface area contributed by atoms with Crippen molar-refractivity contribution in [2.24, 2.45) is 23.7 Å². The van der Waals surface area contributed by atoms with Crippen molar-refractivity contribution in [1.29, 1.82) is 0 Å². The second-order valence-electron chi connectivity index (χ2n) is 11.2. The van der Waals surface area contributed by atoms with E-state index in [4.69, 9.17) is 18.9 Å².